The van der Waals surface area contributed by atoms with Gasteiger partial charge in [0.15, 0.2) is 0 Å². The van der Waals surface area contributed by atoms with E-state index in [1.165, 1.54) is 25.7 Å². The van der Waals surface area contributed by atoms with Crippen LogP contribution in [0.4, 0.5) is 0 Å². The molecule has 1 rings (SSSR count). The van der Waals surface area contributed by atoms with E-state index in [1.54, 1.807) is 5.57 Å². The van der Waals surface area contributed by atoms with Crippen molar-refractivity contribution < 1.29 is 9.53 Å². The van der Waals surface area contributed by atoms with Gasteiger partial charge in [-0.2, -0.15) is 0 Å². The first-order chi connectivity index (χ1) is 7.22. The van der Waals surface area contributed by atoms with Crippen LogP contribution < -0.4 is 0 Å². The summed E-state index contributed by atoms with van der Waals surface area (Å²) in [6.45, 7) is 3.80. The molecule has 0 N–H and O–H groups in total. The Morgan fingerprint density at radius 3 is 2.73 bits per heavy atom. The summed E-state index contributed by atoms with van der Waals surface area (Å²) in [5.74, 6) is -0.0870. The van der Waals surface area contributed by atoms with Crippen LogP contribution in [0.3, 0.4) is 0 Å². The van der Waals surface area contributed by atoms with Gasteiger partial charge < -0.3 is 4.74 Å². The molecule has 0 bridgehead atoms. The van der Waals surface area contributed by atoms with Gasteiger partial charge in [0.05, 0.1) is 6.10 Å². The smallest absolute Gasteiger partial charge is 0.305 e. The first-order valence-corrected chi connectivity index (χ1v) is 6.09. The standard InChI is InChI=1S/C13H22O2/c1-3-13(14)15-11(2)7-6-10-12-8-4-5-9-12/h10-11H,3-9H2,1-2H3. The third kappa shape index (κ3) is 5.01. The molecule has 1 fully saturated rings. The number of esters is 1. The van der Waals surface area contributed by atoms with E-state index in [-0.39, 0.29) is 12.1 Å². The number of hydrogen-bond acceptors (Lipinski definition) is 2. The minimum atomic E-state index is -0.0870. The number of carbonyl (C=O) groups is 1. The highest BCUT2D eigenvalue weighted by molar-refractivity contribution is 5.69. The predicted molar refractivity (Wildman–Crippen MR) is 61.6 cm³/mol. The molecular weight excluding hydrogens is 188 g/mol. The van der Waals surface area contributed by atoms with Crippen molar-refractivity contribution in [2.24, 2.45) is 0 Å². The van der Waals surface area contributed by atoms with E-state index in [4.69, 9.17) is 4.74 Å². The molecule has 1 aliphatic carbocycles. The quantitative estimate of drug-likeness (QED) is 0.512. The van der Waals surface area contributed by atoms with Crippen molar-refractivity contribution >= 4 is 5.97 Å². The Morgan fingerprint density at radius 1 is 1.47 bits per heavy atom. The monoisotopic (exact) mass is 210 g/mol. The van der Waals surface area contributed by atoms with Crippen molar-refractivity contribution in [1.82, 2.24) is 0 Å². The van der Waals surface area contributed by atoms with E-state index in [1.807, 2.05) is 13.8 Å². The van der Waals surface area contributed by atoms with Gasteiger partial charge in [-0.15, -0.1) is 0 Å². The zero-order chi connectivity index (χ0) is 11.1. The van der Waals surface area contributed by atoms with Crippen molar-refractivity contribution in [3.05, 3.63) is 11.6 Å². The van der Waals surface area contributed by atoms with Gasteiger partial charge >= 0.3 is 5.97 Å². The van der Waals surface area contributed by atoms with Gasteiger partial charge in [0.1, 0.15) is 0 Å². The van der Waals surface area contributed by atoms with Gasteiger partial charge in [-0.3, -0.25) is 4.79 Å². The van der Waals surface area contributed by atoms with Gasteiger partial charge in [0.25, 0.3) is 0 Å². The second kappa shape index (κ2) is 6.65. The maximum Gasteiger partial charge on any atom is 0.305 e. The zero-order valence-corrected chi connectivity index (χ0v) is 9.92. The fourth-order valence-electron chi connectivity index (χ4n) is 1.92. The lowest BCUT2D eigenvalue weighted by atomic mass is 10.1. The van der Waals surface area contributed by atoms with Gasteiger partial charge in [-0.05, 0) is 45.4 Å². The van der Waals surface area contributed by atoms with Crippen molar-refractivity contribution in [1.29, 1.82) is 0 Å². The van der Waals surface area contributed by atoms with Crippen LogP contribution in [0.1, 0.15) is 58.8 Å². The fraction of sp³-hybridized carbons (Fsp3) is 0.769. The SMILES string of the molecule is CCC(=O)OC(C)CCC=C1CCCC1. The van der Waals surface area contributed by atoms with E-state index >= 15 is 0 Å². The Bertz CT molecular complexity index is 223. The molecular formula is C13H22O2. The Morgan fingerprint density at radius 2 is 2.13 bits per heavy atom. The third-order valence-electron chi connectivity index (χ3n) is 2.87. The summed E-state index contributed by atoms with van der Waals surface area (Å²) in [6, 6.07) is 0. The summed E-state index contributed by atoms with van der Waals surface area (Å²) < 4.78 is 5.20. The van der Waals surface area contributed by atoms with Crippen LogP contribution in [0.15, 0.2) is 11.6 Å². The lowest BCUT2D eigenvalue weighted by molar-refractivity contribution is -0.148. The van der Waals surface area contributed by atoms with Crippen LogP contribution >= 0.6 is 0 Å². The first kappa shape index (κ1) is 12.3. The number of rotatable bonds is 5. The molecule has 86 valence electrons. The maximum atomic E-state index is 11.0. The number of ether oxygens (including phenoxy) is 1. The molecule has 1 unspecified atom stereocenters. The van der Waals surface area contributed by atoms with Gasteiger partial charge in [-0.1, -0.05) is 18.6 Å². The van der Waals surface area contributed by atoms with Gasteiger partial charge in [-0.25, -0.2) is 0 Å². The highest BCUT2D eigenvalue weighted by Crippen LogP contribution is 2.24. The molecule has 1 atom stereocenters. The summed E-state index contributed by atoms with van der Waals surface area (Å²) in [5.41, 5.74) is 1.60. The van der Waals surface area contributed by atoms with Crippen molar-refractivity contribution in [3.63, 3.8) is 0 Å². The van der Waals surface area contributed by atoms with E-state index < -0.39 is 0 Å². The molecule has 0 spiro atoms. The number of carbonyl (C=O) groups excluding carboxylic acids is 1. The Labute approximate surface area is 92.7 Å². The highest BCUT2D eigenvalue weighted by Gasteiger charge is 2.08. The van der Waals surface area contributed by atoms with Crippen molar-refractivity contribution in [2.45, 2.75) is 64.9 Å². The summed E-state index contributed by atoms with van der Waals surface area (Å²) in [4.78, 5) is 11.0. The van der Waals surface area contributed by atoms with E-state index in [0.29, 0.717) is 6.42 Å². The second-order valence-corrected chi connectivity index (χ2v) is 4.30. The van der Waals surface area contributed by atoms with Crippen LogP contribution in [0, 0.1) is 0 Å². The van der Waals surface area contributed by atoms with Crippen LogP contribution in [-0.4, -0.2) is 12.1 Å². The van der Waals surface area contributed by atoms with Crippen LogP contribution in [0.5, 0.6) is 0 Å². The molecule has 0 amide bonds. The molecule has 1 saturated carbocycles. The second-order valence-electron chi connectivity index (χ2n) is 4.30. The lowest BCUT2D eigenvalue weighted by Gasteiger charge is -2.11. The number of hydrogen-bond donors (Lipinski definition) is 0. The van der Waals surface area contributed by atoms with Crippen molar-refractivity contribution in [3.8, 4) is 0 Å². The van der Waals surface area contributed by atoms with E-state index in [0.717, 1.165) is 12.8 Å². The molecule has 2 nitrogen and oxygen atoms in total. The van der Waals surface area contributed by atoms with Crippen LogP contribution in [-0.2, 0) is 9.53 Å². The van der Waals surface area contributed by atoms with E-state index in [2.05, 4.69) is 6.08 Å². The van der Waals surface area contributed by atoms with Crippen LogP contribution in [0.25, 0.3) is 0 Å². The molecule has 0 aromatic heterocycles. The Kier molecular flexibility index (Phi) is 5.44. The maximum absolute atomic E-state index is 11.0. The average Bonchev–Trinajstić information content (AvgIpc) is 2.70. The minimum absolute atomic E-state index is 0.0655. The third-order valence-corrected chi connectivity index (χ3v) is 2.87. The average molecular weight is 210 g/mol. The summed E-state index contributed by atoms with van der Waals surface area (Å²) >= 11 is 0. The van der Waals surface area contributed by atoms with Gasteiger partial charge in [0, 0.05) is 6.42 Å². The fourth-order valence-corrected chi connectivity index (χ4v) is 1.92. The zero-order valence-electron chi connectivity index (χ0n) is 9.92. The largest absolute Gasteiger partial charge is 0.463 e. The molecule has 0 heterocycles. The van der Waals surface area contributed by atoms with E-state index in [9.17, 15) is 4.79 Å². The minimum Gasteiger partial charge on any atom is -0.463 e. The van der Waals surface area contributed by atoms with Gasteiger partial charge in [0.2, 0.25) is 0 Å². The molecule has 15 heavy (non-hydrogen) atoms. The molecule has 2 heteroatoms. The first-order valence-electron chi connectivity index (χ1n) is 6.09. The summed E-state index contributed by atoms with van der Waals surface area (Å²) in [5, 5.41) is 0. The Hall–Kier alpha value is -0.790. The molecule has 0 aliphatic heterocycles. The molecule has 0 aromatic rings. The normalized spacial score (nSPS) is 17.6. The summed E-state index contributed by atoms with van der Waals surface area (Å²) in [7, 11) is 0. The molecule has 1 aliphatic rings. The molecule has 0 radical (unpaired) electrons. The van der Waals surface area contributed by atoms with Crippen molar-refractivity contribution in [2.75, 3.05) is 0 Å². The summed E-state index contributed by atoms with van der Waals surface area (Å²) in [6.07, 6.45) is 10.2. The topological polar surface area (TPSA) is 26.3 Å². The van der Waals surface area contributed by atoms with Crippen LogP contribution in [0.2, 0.25) is 0 Å². The highest BCUT2D eigenvalue weighted by atomic mass is 16.5. The number of allylic oxidation sites excluding steroid dienone is 2. The molecule has 0 saturated heterocycles. The lowest BCUT2D eigenvalue weighted by Crippen LogP contribution is -2.13. The Balaban J connectivity index is 2.13. The predicted octanol–water partition coefficient (Wildman–Crippen LogP) is 3.61. The molecule has 0 aromatic carbocycles.